The van der Waals surface area contributed by atoms with E-state index in [2.05, 4.69) is 65.9 Å². The van der Waals surface area contributed by atoms with E-state index in [1.807, 2.05) is 0 Å². The Labute approximate surface area is 433 Å². The Bertz CT molecular complexity index is 2600. The summed E-state index contributed by atoms with van der Waals surface area (Å²) < 4.78 is 5.72. The lowest BCUT2D eigenvalue weighted by molar-refractivity contribution is -0.133. The van der Waals surface area contributed by atoms with Gasteiger partial charge in [0, 0.05) is 56.9 Å². The molecule has 0 saturated carbocycles. The van der Waals surface area contributed by atoms with Crippen molar-refractivity contribution in [1.82, 2.24) is 46.8 Å². The highest BCUT2D eigenvalue weighted by Gasteiger charge is 2.37. The molecule has 0 fully saturated rings. The fourth-order valence-electron chi connectivity index (χ4n) is 8.13. The van der Waals surface area contributed by atoms with Crippen LogP contribution in [0.25, 0.3) is 11.0 Å². The van der Waals surface area contributed by atoms with E-state index in [4.69, 9.17) is 4.74 Å². The molecule has 0 aliphatic rings. The number of likely N-dealkylation sites (N-methyl/N-ethyl adjacent to an activating group) is 1. The topological polar surface area (TPSA) is 346 Å². The number of ether oxygens (including phenoxy) is 1. The molecule has 0 unspecified atom stereocenters. The van der Waals surface area contributed by atoms with Crippen molar-refractivity contribution in [1.29, 1.82) is 0 Å². The van der Waals surface area contributed by atoms with Crippen LogP contribution >= 0.6 is 0 Å². The monoisotopic (exact) mass is 1040 g/mol. The zero-order valence-corrected chi connectivity index (χ0v) is 41.9. The maximum atomic E-state index is 14.4. The van der Waals surface area contributed by atoms with Crippen LogP contribution in [-0.2, 0) is 9.53 Å². The average molecular weight is 1040 g/mol. The third-order valence-electron chi connectivity index (χ3n) is 12.3. The molecule has 0 radical (unpaired) electrons. The van der Waals surface area contributed by atoms with Gasteiger partial charge in [0.2, 0.25) is 5.91 Å². The first-order valence-corrected chi connectivity index (χ1v) is 24.6. The molecule has 13 N–H and O–H groups in total. The second-order valence-electron chi connectivity index (χ2n) is 17.4. The number of fused-ring (bicyclic) bond motifs is 1. The van der Waals surface area contributed by atoms with Crippen LogP contribution in [0.3, 0.4) is 0 Å². The van der Waals surface area contributed by atoms with E-state index in [9.17, 15) is 59.4 Å². The molecule has 402 valence electrons. The first-order valence-electron chi connectivity index (χ1n) is 24.6. The van der Waals surface area contributed by atoms with Gasteiger partial charge in [-0.1, -0.05) is 32.0 Å². The van der Waals surface area contributed by atoms with E-state index in [0.717, 1.165) is 13.1 Å². The molecule has 23 heteroatoms. The fourth-order valence-corrected chi connectivity index (χ4v) is 8.13. The minimum Gasteiger partial charge on any atom is -0.504 e. The number of nitrogens with one attached hydrogen (secondary N) is 7. The molecule has 4 aromatic carbocycles. The van der Waals surface area contributed by atoms with Crippen molar-refractivity contribution >= 4 is 52.3 Å². The molecule has 7 amide bonds. The quantitative estimate of drug-likeness (QED) is 0.0239. The number of hydrogen-bond donors (Lipinski definition) is 13. The number of phenols is 6. The fraction of sp³-hybridized carbons (Fsp3) is 0.385. The Morgan fingerprint density at radius 1 is 0.547 bits per heavy atom. The smallest absolute Gasteiger partial charge is 0.319 e. The number of aromatic hydroxyl groups is 6. The van der Waals surface area contributed by atoms with Gasteiger partial charge in [-0.15, -0.1) is 0 Å². The van der Waals surface area contributed by atoms with Gasteiger partial charge >= 0.3 is 6.03 Å². The molecule has 0 bridgehead atoms. The lowest BCUT2D eigenvalue weighted by Crippen LogP contribution is -2.44. The Morgan fingerprint density at radius 3 is 1.49 bits per heavy atom. The molecule has 0 aliphatic heterocycles. The molecule has 23 nitrogen and oxygen atoms in total. The zero-order valence-electron chi connectivity index (χ0n) is 41.9. The van der Waals surface area contributed by atoms with Crippen LogP contribution in [0, 0.1) is 5.41 Å². The largest absolute Gasteiger partial charge is 0.504 e. The first-order chi connectivity index (χ1) is 36.1. The van der Waals surface area contributed by atoms with Crippen molar-refractivity contribution in [2.24, 2.45) is 5.41 Å². The number of carbonyl (C=O) groups is 6. The molecule has 1 aromatic heterocycles. The van der Waals surface area contributed by atoms with Crippen molar-refractivity contribution in [3.05, 3.63) is 101 Å². The van der Waals surface area contributed by atoms with Crippen LogP contribution in [-0.4, -0.2) is 153 Å². The van der Waals surface area contributed by atoms with E-state index >= 15 is 0 Å². The number of para-hydroxylation sites is 3. The lowest BCUT2D eigenvalue weighted by atomic mass is 9.74. The number of rotatable bonds is 29. The van der Waals surface area contributed by atoms with Crippen LogP contribution < -0.4 is 37.2 Å². The first kappa shape index (κ1) is 57.5. The summed E-state index contributed by atoms with van der Waals surface area (Å²) in [6.45, 7) is 7.44. The maximum Gasteiger partial charge on any atom is 0.319 e. The van der Waals surface area contributed by atoms with E-state index in [-0.39, 0.29) is 113 Å². The van der Waals surface area contributed by atoms with Gasteiger partial charge in [0.05, 0.1) is 47.1 Å². The predicted molar refractivity (Wildman–Crippen MR) is 277 cm³/mol. The van der Waals surface area contributed by atoms with Gasteiger partial charge in [-0.3, -0.25) is 29.0 Å². The molecular weight excluding hydrogens is 973 g/mol. The molecule has 0 spiro atoms. The number of amides is 7. The third-order valence-corrected chi connectivity index (χ3v) is 12.3. The van der Waals surface area contributed by atoms with Crippen molar-refractivity contribution in [3.63, 3.8) is 0 Å². The van der Waals surface area contributed by atoms with Crippen LogP contribution in [0.5, 0.6) is 34.5 Å². The summed E-state index contributed by atoms with van der Waals surface area (Å²) in [7, 11) is 0. The van der Waals surface area contributed by atoms with E-state index < -0.39 is 69.6 Å². The molecule has 0 aliphatic carbocycles. The SMILES string of the molecule is CCN(CC)CCNC(=O)c1cnc2cc(NC(=O)NCCOCCNC(=O)C(CCCNC(=O)c3cccc(O)c3O)(CCCNC(=O)c3cccc(O)c3O)CCCNC(=O)c3cccc(O)c3O)ccc2n1. The minimum atomic E-state index is -1.19. The molecular formula is C52H66N10O13. The van der Waals surface area contributed by atoms with Gasteiger partial charge in [-0.2, -0.15) is 0 Å². The number of aromatic nitrogens is 2. The van der Waals surface area contributed by atoms with Gasteiger partial charge in [0.1, 0.15) is 5.69 Å². The summed E-state index contributed by atoms with van der Waals surface area (Å²) in [6.07, 6.45) is 2.61. The van der Waals surface area contributed by atoms with Crippen LogP contribution in [0.1, 0.15) is 93.9 Å². The highest BCUT2D eigenvalue weighted by Crippen LogP contribution is 2.36. The van der Waals surface area contributed by atoms with Crippen molar-refractivity contribution < 1.29 is 64.1 Å². The number of anilines is 1. The predicted octanol–water partition coefficient (Wildman–Crippen LogP) is 3.81. The highest BCUT2D eigenvalue weighted by atomic mass is 16.5. The van der Waals surface area contributed by atoms with Gasteiger partial charge in [0.15, 0.2) is 34.5 Å². The number of benzene rings is 4. The lowest BCUT2D eigenvalue weighted by Gasteiger charge is -2.33. The van der Waals surface area contributed by atoms with Crippen LogP contribution in [0.2, 0.25) is 0 Å². The number of carbonyl (C=O) groups excluding carboxylic acids is 6. The molecule has 1 heterocycles. The summed E-state index contributed by atoms with van der Waals surface area (Å²) in [5.41, 5.74) is -0.105. The van der Waals surface area contributed by atoms with Gasteiger partial charge in [0.25, 0.3) is 23.6 Å². The summed E-state index contributed by atoms with van der Waals surface area (Å²) in [5.74, 6) is -5.94. The minimum absolute atomic E-state index is 0.0408. The Hall–Kier alpha value is -8.44. The molecule has 5 rings (SSSR count). The number of urea groups is 1. The van der Waals surface area contributed by atoms with Crippen molar-refractivity contribution in [3.8, 4) is 34.5 Å². The average Bonchev–Trinajstić information content (AvgIpc) is 3.40. The number of phenolic OH excluding ortho intramolecular Hbond substituents is 6. The number of nitrogens with zero attached hydrogens (tertiary/aromatic N) is 3. The summed E-state index contributed by atoms with van der Waals surface area (Å²) in [5, 5.41) is 79.7. The molecule has 0 atom stereocenters. The number of hydrogen-bond acceptors (Lipinski definition) is 16. The standard InChI is InChI=1S/C52H66N10O13/c1-3-62(4-2)28-25-56-49(72)39-32-59-38-31-33(17-18-37(38)61-39)60-51(74)58-27-30-75-29-26-57-50(73)52(19-8-22-53-46(69)34-11-5-14-40(63)43(34)66,20-9-23-54-47(70)35-12-6-15-41(64)44(35)67)21-10-24-55-48(71)36-13-7-16-42(65)45(36)68/h5-7,11-18,31-32,63-68H,3-4,8-10,19-30H2,1-2H3,(H,53,69)(H,54,70)(H,55,71)(H,56,72)(H,57,73)(H2,58,60,74). The summed E-state index contributed by atoms with van der Waals surface area (Å²) in [4.78, 5) is 89.7. The van der Waals surface area contributed by atoms with Crippen LogP contribution in [0.15, 0.2) is 79.0 Å². The zero-order chi connectivity index (χ0) is 54.3. The summed E-state index contributed by atoms with van der Waals surface area (Å²) >= 11 is 0. The molecule has 0 saturated heterocycles. The third kappa shape index (κ3) is 16.8. The normalized spacial score (nSPS) is 11.2. The maximum absolute atomic E-state index is 14.4. The van der Waals surface area contributed by atoms with Crippen LogP contribution in [0.4, 0.5) is 10.5 Å². The summed E-state index contributed by atoms with van der Waals surface area (Å²) in [6, 6.07) is 16.3. The van der Waals surface area contributed by atoms with Crippen molar-refractivity contribution in [2.45, 2.75) is 52.4 Å². The molecule has 5 aromatic rings. The van der Waals surface area contributed by atoms with E-state index in [0.29, 0.717) is 29.8 Å². The van der Waals surface area contributed by atoms with E-state index in [1.165, 1.54) is 60.8 Å². The van der Waals surface area contributed by atoms with Crippen molar-refractivity contribution in [2.75, 3.05) is 77.4 Å². The molecule has 75 heavy (non-hydrogen) atoms. The van der Waals surface area contributed by atoms with Gasteiger partial charge in [-0.25, -0.2) is 9.78 Å². The second kappa shape index (κ2) is 28.7. The Balaban J connectivity index is 1.18. The van der Waals surface area contributed by atoms with Gasteiger partial charge in [-0.05, 0) is 106 Å². The highest BCUT2D eigenvalue weighted by molar-refractivity contribution is 5.99. The Kier molecular flexibility index (Phi) is 22.0. The Morgan fingerprint density at radius 2 is 1.01 bits per heavy atom. The van der Waals surface area contributed by atoms with E-state index in [1.54, 1.807) is 18.2 Å². The second-order valence-corrected chi connectivity index (χ2v) is 17.4. The van der Waals surface area contributed by atoms with Gasteiger partial charge < -0.3 is 77.5 Å².